The number of nitrogens with two attached hydrogens (primary N) is 2. The fraction of sp³-hybridized carbons (Fsp3) is 0.273. The summed E-state index contributed by atoms with van der Waals surface area (Å²) in [5.41, 5.74) is 10.8. The van der Waals surface area contributed by atoms with Gasteiger partial charge in [0.25, 0.3) is 0 Å². The summed E-state index contributed by atoms with van der Waals surface area (Å²) < 4.78 is 33.6. The Kier molecular flexibility index (Phi) is 6.50. The van der Waals surface area contributed by atoms with E-state index >= 15 is 0 Å². The topological polar surface area (TPSA) is 116 Å². The number of rotatable bonds is 6. The van der Waals surface area contributed by atoms with Crippen LogP contribution in [-0.2, 0) is 10.3 Å². The van der Waals surface area contributed by atoms with Gasteiger partial charge >= 0.3 is 0 Å². The van der Waals surface area contributed by atoms with E-state index in [4.69, 9.17) is 22.6 Å². The van der Waals surface area contributed by atoms with Crippen LogP contribution in [0.4, 0.5) is 8.78 Å². The Morgan fingerprint density at radius 2 is 2.12 bits per heavy atom. The molecule has 1 aromatic carbocycles. The van der Waals surface area contributed by atoms with Gasteiger partial charge in [-0.1, -0.05) is 23.7 Å². The van der Waals surface area contributed by atoms with E-state index in [1.54, 1.807) is 13.8 Å². The highest BCUT2D eigenvalue weighted by molar-refractivity contribution is 8.15. The minimum atomic E-state index is -1.17. The largest absolute Gasteiger partial charge is 0.463 e. The first kappa shape index (κ1) is 23.2. The number of benzene rings is 1. The van der Waals surface area contributed by atoms with E-state index < -0.39 is 27.8 Å². The molecule has 0 bridgehead atoms. The van der Waals surface area contributed by atoms with Crippen LogP contribution in [0.1, 0.15) is 37.1 Å². The second kappa shape index (κ2) is 8.96. The molecular formula is C22H21F2N5O2S. The van der Waals surface area contributed by atoms with Crippen molar-refractivity contribution in [2.75, 3.05) is 6.61 Å². The van der Waals surface area contributed by atoms with E-state index in [1.807, 2.05) is 0 Å². The summed E-state index contributed by atoms with van der Waals surface area (Å²) in [4.78, 5) is 24.3. The maximum Gasteiger partial charge on any atom is 0.233 e. The molecule has 1 aliphatic heterocycles. The molecule has 2 heterocycles. The lowest BCUT2D eigenvalue weighted by Gasteiger charge is -2.39. The number of primary amides is 1. The molecule has 166 valence electrons. The van der Waals surface area contributed by atoms with Crippen LogP contribution in [0, 0.1) is 18.2 Å². The Labute approximate surface area is 188 Å². The Morgan fingerprint density at radius 3 is 2.75 bits per heavy atom. The maximum absolute atomic E-state index is 14.8. The third-order valence-electron chi connectivity index (χ3n) is 4.93. The van der Waals surface area contributed by atoms with Gasteiger partial charge in [0, 0.05) is 12.0 Å². The van der Waals surface area contributed by atoms with Crippen LogP contribution in [0.15, 0.2) is 35.6 Å². The third kappa shape index (κ3) is 4.89. The average Bonchev–Trinajstić information content (AvgIpc) is 2.73. The zero-order valence-electron chi connectivity index (χ0n) is 17.4. The number of amides is 1. The lowest BCUT2D eigenvalue weighted by Crippen LogP contribution is -2.48. The number of hydrogen-bond donors (Lipinski definition) is 2. The van der Waals surface area contributed by atoms with E-state index in [9.17, 15) is 13.6 Å². The monoisotopic (exact) mass is 457 g/mol. The molecule has 1 aromatic heterocycles. The first-order chi connectivity index (χ1) is 15.1. The molecule has 0 radical (unpaired) electrons. The quantitative estimate of drug-likeness (QED) is 0.644. The molecule has 10 heteroatoms. The Morgan fingerprint density at radius 1 is 1.38 bits per heavy atom. The van der Waals surface area contributed by atoms with Crippen LogP contribution in [0.2, 0.25) is 0 Å². The van der Waals surface area contributed by atoms with Gasteiger partial charge in [0.2, 0.25) is 11.8 Å². The molecular weight excluding hydrogens is 436 g/mol. The van der Waals surface area contributed by atoms with E-state index in [-0.39, 0.29) is 35.3 Å². The van der Waals surface area contributed by atoms with Crippen LogP contribution in [0.3, 0.4) is 0 Å². The maximum atomic E-state index is 14.8. The Balaban J connectivity index is 1.94. The summed E-state index contributed by atoms with van der Waals surface area (Å²) in [5, 5.41) is 0.119. The van der Waals surface area contributed by atoms with Crippen molar-refractivity contribution in [3.05, 3.63) is 53.2 Å². The van der Waals surface area contributed by atoms with Crippen LogP contribution >= 0.6 is 11.8 Å². The number of amidine groups is 1. The fourth-order valence-electron chi connectivity index (χ4n) is 3.42. The number of terminal acetylenes is 1. The van der Waals surface area contributed by atoms with Gasteiger partial charge < -0.3 is 16.2 Å². The van der Waals surface area contributed by atoms with Crippen LogP contribution in [0.25, 0.3) is 11.9 Å². The lowest BCUT2D eigenvalue weighted by atomic mass is 9.82. The second-order valence-corrected chi connectivity index (χ2v) is 9.09. The molecule has 3 rings (SSSR count). The predicted octanol–water partition coefficient (Wildman–Crippen LogP) is 3.01. The summed E-state index contributed by atoms with van der Waals surface area (Å²) in [7, 11) is 0. The van der Waals surface area contributed by atoms with E-state index in [1.165, 1.54) is 36.7 Å². The lowest BCUT2D eigenvalue weighted by molar-refractivity contribution is -0.120. The van der Waals surface area contributed by atoms with Gasteiger partial charge in [-0.3, -0.25) is 9.79 Å². The van der Waals surface area contributed by atoms with Crippen molar-refractivity contribution in [1.29, 1.82) is 0 Å². The molecule has 7 nitrogen and oxygen atoms in total. The van der Waals surface area contributed by atoms with Crippen molar-refractivity contribution in [3.8, 4) is 18.2 Å². The molecule has 0 saturated heterocycles. The summed E-state index contributed by atoms with van der Waals surface area (Å²) in [6, 6.07) is 4.08. The highest BCUT2D eigenvalue weighted by Gasteiger charge is 2.46. The van der Waals surface area contributed by atoms with Crippen molar-refractivity contribution >= 4 is 34.7 Å². The van der Waals surface area contributed by atoms with E-state index in [0.29, 0.717) is 5.56 Å². The number of aliphatic imine (C=N–C) groups is 1. The molecule has 2 aromatic rings. The molecule has 0 fully saturated rings. The van der Waals surface area contributed by atoms with Gasteiger partial charge in [0.1, 0.15) is 16.3 Å². The fourth-order valence-corrected chi connectivity index (χ4v) is 4.58. The number of carbonyl (C=O) groups is 1. The molecule has 1 amide bonds. The molecule has 0 saturated carbocycles. The normalized spacial score (nSPS) is 23.2. The highest BCUT2D eigenvalue weighted by Crippen LogP contribution is 2.46. The van der Waals surface area contributed by atoms with E-state index in [0.717, 1.165) is 11.8 Å². The highest BCUT2D eigenvalue weighted by atomic mass is 32.2. The predicted molar refractivity (Wildman–Crippen MR) is 121 cm³/mol. The SMILES string of the molecule is C#CCOc1cnc(/C(F)=C/c2ccc(F)c([C@]3(C)C[C@](C)(C(N)=O)SC(N)=N3)c2)cn1. The van der Waals surface area contributed by atoms with E-state index in [2.05, 4.69) is 20.9 Å². The van der Waals surface area contributed by atoms with Crippen molar-refractivity contribution in [1.82, 2.24) is 9.97 Å². The van der Waals surface area contributed by atoms with Crippen molar-refractivity contribution in [2.24, 2.45) is 16.5 Å². The van der Waals surface area contributed by atoms with Crippen LogP contribution < -0.4 is 16.2 Å². The Bertz CT molecular complexity index is 1150. The Hall–Kier alpha value is -3.45. The molecule has 0 spiro atoms. The molecule has 2 atom stereocenters. The van der Waals surface area contributed by atoms with Gasteiger partial charge in [-0.25, -0.2) is 18.7 Å². The van der Waals surface area contributed by atoms with Gasteiger partial charge in [-0.2, -0.15) is 0 Å². The summed E-state index contributed by atoms with van der Waals surface area (Å²) in [6.45, 7) is 3.31. The zero-order chi connectivity index (χ0) is 23.5. The molecule has 1 aliphatic rings. The summed E-state index contributed by atoms with van der Waals surface area (Å²) in [6.07, 6.45) is 8.87. The van der Waals surface area contributed by atoms with Gasteiger partial charge in [0.05, 0.1) is 17.9 Å². The van der Waals surface area contributed by atoms with Crippen LogP contribution in [0.5, 0.6) is 5.88 Å². The first-order valence-corrected chi connectivity index (χ1v) is 10.3. The minimum Gasteiger partial charge on any atom is -0.463 e. The second-order valence-electron chi connectivity index (χ2n) is 7.56. The average molecular weight is 458 g/mol. The minimum absolute atomic E-state index is 0.0176. The van der Waals surface area contributed by atoms with Crippen molar-refractivity contribution in [3.63, 3.8) is 0 Å². The molecule has 0 aliphatic carbocycles. The molecule has 32 heavy (non-hydrogen) atoms. The van der Waals surface area contributed by atoms with Crippen LogP contribution in [-0.4, -0.2) is 32.4 Å². The standard InChI is InChI=1S/C22H21F2N5O2S/c1-4-7-31-18-11-27-17(10-28-18)16(24)9-13-5-6-15(23)14(8-13)21(2)12-22(3,19(25)30)32-20(26)29-21/h1,5-6,8-11H,7,12H2,2-3H3,(H2,25,30)(H2,26,29)/b16-9-/t21-,22+/m0/s1. The third-order valence-corrected chi connectivity index (χ3v) is 6.03. The number of nitrogens with zero attached hydrogens (tertiary/aromatic N) is 3. The zero-order valence-corrected chi connectivity index (χ0v) is 18.2. The van der Waals surface area contributed by atoms with Crippen molar-refractivity contribution < 1.29 is 18.3 Å². The number of thioether (sulfide) groups is 1. The molecule has 4 N–H and O–H groups in total. The number of hydrogen-bond acceptors (Lipinski definition) is 7. The van der Waals surface area contributed by atoms with Crippen molar-refractivity contribution in [2.45, 2.75) is 30.6 Å². The number of aromatic nitrogens is 2. The number of ether oxygens (including phenoxy) is 1. The number of carbonyl (C=O) groups excluding carboxylic acids is 1. The molecule has 0 unspecified atom stereocenters. The number of halogens is 2. The summed E-state index contributed by atoms with van der Waals surface area (Å²) in [5.74, 6) is 0.628. The first-order valence-electron chi connectivity index (χ1n) is 9.46. The van der Waals surface area contributed by atoms with Gasteiger partial charge in [-0.05, 0) is 37.6 Å². The summed E-state index contributed by atoms with van der Waals surface area (Å²) >= 11 is 1.04. The van der Waals surface area contributed by atoms with Gasteiger partial charge in [-0.15, -0.1) is 6.42 Å². The van der Waals surface area contributed by atoms with Gasteiger partial charge in [0.15, 0.2) is 17.6 Å². The smallest absolute Gasteiger partial charge is 0.233 e.